The molecule has 130 valence electrons. The van der Waals surface area contributed by atoms with E-state index in [1.807, 2.05) is 0 Å². The second-order valence-corrected chi connectivity index (χ2v) is 7.25. The zero-order chi connectivity index (χ0) is 17.7. The predicted octanol–water partition coefficient (Wildman–Crippen LogP) is 1.77. The molecule has 0 heterocycles. The summed E-state index contributed by atoms with van der Waals surface area (Å²) in [5, 5.41) is 1.02. The van der Waals surface area contributed by atoms with Gasteiger partial charge in [-0.15, -0.1) is 0 Å². The first-order valence-electron chi connectivity index (χ1n) is 6.72. The minimum absolute atomic E-state index is 0.0173. The number of sulfone groups is 1. The summed E-state index contributed by atoms with van der Waals surface area (Å²) in [6.45, 7) is 1.58. The number of alkyl halides is 3. The van der Waals surface area contributed by atoms with Crippen LogP contribution in [0.5, 0.6) is 0 Å². The Hall–Kier alpha value is -1.61. The molecule has 5 nitrogen and oxygen atoms in total. The van der Waals surface area contributed by atoms with Crippen molar-refractivity contribution in [1.29, 1.82) is 0 Å². The lowest BCUT2D eigenvalue weighted by atomic mass is 10.1. The number of amides is 1. The van der Waals surface area contributed by atoms with Crippen molar-refractivity contribution in [3.05, 3.63) is 35.4 Å². The molecule has 1 aromatic rings. The standard InChI is InChI=1S/C14H18F3NO4S/c1-10(13(19)18-6-7-22-2)23(20,21)9-11-4-3-5-12(8-11)14(15,16)17/h3-5,8,10H,6-7,9H2,1-2H3,(H,18,19). The third kappa shape index (κ3) is 5.83. The summed E-state index contributed by atoms with van der Waals surface area (Å²) in [4.78, 5) is 11.8. The normalized spacial score (nSPS) is 13.6. The molecule has 1 atom stereocenters. The van der Waals surface area contributed by atoms with Crippen LogP contribution in [0.25, 0.3) is 0 Å². The number of ether oxygens (including phenoxy) is 1. The molecule has 0 saturated heterocycles. The van der Waals surface area contributed by atoms with E-state index < -0.39 is 38.5 Å². The third-order valence-corrected chi connectivity index (χ3v) is 5.16. The summed E-state index contributed by atoms with van der Waals surface area (Å²) >= 11 is 0. The average molecular weight is 353 g/mol. The van der Waals surface area contributed by atoms with E-state index >= 15 is 0 Å². The zero-order valence-electron chi connectivity index (χ0n) is 12.7. The van der Waals surface area contributed by atoms with Gasteiger partial charge in [0.05, 0.1) is 17.9 Å². The summed E-state index contributed by atoms with van der Waals surface area (Å²) in [5.74, 6) is -1.36. The Balaban J connectivity index is 2.84. The van der Waals surface area contributed by atoms with Crippen LogP contribution < -0.4 is 5.32 Å². The lowest BCUT2D eigenvalue weighted by Crippen LogP contribution is -2.39. The van der Waals surface area contributed by atoms with Crippen LogP contribution in [0.3, 0.4) is 0 Å². The molecular formula is C14H18F3NO4S. The molecule has 0 aliphatic carbocycles. The van der Waals surface area contributed by atoms with Gasteiger partial charge < -0.3 is 10.1 Å². The SMILES string of the molecule is COCCNC(=O)C(C)S(=O)(=O)Cc1cccc(C(F)(F)F)c1. The first-order chi connectivity index (χ1) is 10.6. The van der Waals surface area contributed by atoms with Crippen LogP contribution in [-0.4, -0.2) is 39.8 Å². The summed E-state index contributed by atoms with van der Waals surface area (Å²) in [7, 11) is -2.50. The number of hydrogen-bond acceptors (Lipinski definition) is 4. The number of hydrogen-bond donors (Lipinski definition) is 1. The number of methoxy groups -OCH3 is 1. The number of nitrogens with one attached hydrogen (secondary N) is 1. The third-order valence-electron chi connectivity index (χ3n) is 3.14. The minimum atomic E-state index is -4.55. The highest BCUT2D eigenvalue weighted by Gasteiger charge is 2.32. The Labute approximate surface area is 132 Å². The van der Waals surface area contributed by atoms with Gasteiger partial charge in [-0.1, -0.05) is 18.2 Å². The van der Waals surface area contributed by atoms with Gasteiger partial charge in [-0.2, -0.15) is 13.2 Å². The van der Waals surface area contributed by atoms with E-state index in [1.165, 1.54) is 20.1 Å². The van der Waals surface area contributed by atoms with Crippen molar-refractivity contribution < 1.29 is 31.1 Å². The minimum Gasteiger partial charge on any atom is -0.383 e. The van der Waals surface area contributed by atoms with Gasteiger partial charge in [0.2, 0.25) is 5.91 Å². The van der Waals surface area contributed by atoms with Gasteiger partial charge >= 0.3 is 6.18 Å². The molecule has 0 radical (unpaired) electrons. The molecule has 0 aliphatic heterocycles. The Morgan fingerprint density at radius 1 is 1.35 bits per heavy atom. The van der Waals surface area contributed by atoms with Crippen molar-refractivity contribution in [2.75, 3.05) is 20.3 Å². The number of carbonyl (C=O) groups excluding carboxylic acids is 1. The molecule has 0 fully saturated rings. The van der Waals surface area contributed by atoms with Gasteiger partial charge in [-0.05, 0) is 18.6 Å². The zero-order valence-corrected chi connectivity index (χ0v) is 13.5. The Morgan fingerprint density at radius 3 is 2.57 bits per heavy atom. The van der Waals surface area contributed by atoms with E-state index in [0.29, 0.717) is 0 Å². The topological polar surface area (TPSA) is 72.5 Å². The molecule has 9 heteroatoms. The Bertz CT molecular complexity index is 644. The van der Waals surface area contributed by atoms with E-state index in [4.69, 9.17) is 4.74 Å². The molecule has 1 amide bonds. The van der Waals surface area contributed by atoms with Gasteiger partial charge in [0.1, 0.15) is 5.25 Å². The van der Waals surface area contributed by atoms with Crippen LogP contribution in [0, 0.1) is 0 Å². The molecular weight excluding hydrogens is 335 g/mol. The maximum absolute atomic E-state index is 12.6. The van der Waals surface area contributed by atoms with Crippen molar-refractivity contribution in [3.8, 4) is 0 Å². The largest absolute Gasteiger partial charge is 0.416 e. The average Bonchev–Trinajstić information content (AvgIpc) is 2.45. The van der Waals surface area contributed by atoms with Crippen LogP contribution >= 0.6 is 0 Å². The maximum atomic E-state index is 12.6. The smallest absolute Gasteiger partial charge is 0.383 e. The molecule has 23 heavy (non-hydrogen) atoms. The highest BCUT2D eigenvalue weighted by Crippen LogP contribution is 2.30. The van der Waals surface area contributed by atoms with E-state index in [-0.39, 0.29) is 18.7 Å². The molecule has 1 rings (SSSR count). The predicted molar refractivity (Wildman–Crippen MR) is 78.4 cm³/mol. The van der Waals surface area contributed by atoms with Gasteiger partial charge in [0.15, 0.2) is 9.84 Å². The molecule has 0 aliphatic rings. The summed E-state index contributed by atoms with van der Waals surface area (Å²) in [6, 6.07) is 4.05. The van der Waals surface area contributed by atoms with E-state index in [1.54, 1.807) is 0 Å². The molecule has 0 saturated carbocycles. The summed E-state index contributed by atoms with van der Waals surface area (Å²) < 4.78 is 67.0. The van der Waals surface area contributed by atoms with Crippen LogP contribution in [0.2, 0.25) is 0 Å². The summed E-state index contributed by atoms with van der Waals surface area (Å²) in [6.07, 6.45) is -4.55. The van der Waals surface area contributed by atoms with Crippen molar-refractivity contribution in [2.24, 2.45) is 0 Å². The van der Waals surface area contributed by atoms with E-state index in [0.717, 1.165) is 18.2 Å². The quantitative estimate of drug-likeness (QED) is 0.759. The fourth-order valence-corrected chi connectivity index (χ4v) is 3.08. The van der Waals surface area contributed by atoms with Crippen LogP contribution in [0.1, 0.15) is 18.1 Å². The van der Waals surface area contributed by atoms with Crippen LogP contribution in [0.4, 0.5) is 13.2 Å². The van der Waals surface area contributed by atoms with Gasteiger partial charge in [-0.25, -0.2) is 8.42 Å². The molecule has 1 N–H and O–H groups in total. The number of carbonyl (C=O) groups is 1. The molecule has 0 bridgehead atoms. The van der Waals surface area contributed by atoms with Crippen LogP contribution in [0.15, 0.2) is 24.3 Å². The monoisotopic (exact) mass is 353 g/mol. The second kappa shape index (κ2) is 7.78. The van der Waals surface area contributed by atoms with Gasteiger partial charge in [0, 0.05) is 13.7 Å². The highest BCUT2D eigenvalue weighted by molar-refractivity contribution is 7.92. The summed E-state index contributed by atoms with van der Waals surface area (Å²) in [5.41, 5.74) is -0.946. The lowest BCUT2D eigenvalue weighted by molar-refractivity contribution is -0.137. The van der Waals surface area contributed by atoms with Crippen LogP contribution in [-0.2, 0) is 31.3 Å². The second-order valence-electron chi connectivity index (χ2n) is 4.93. The van der Waals surface area contributed by atoms with Crippen molar-refractivity contribution in [2.45, 2.75) is 24.1 Å². The lowest BCUT2D eigenvalue weighted by Gasteiger charge is -2.14. The Morgan fingerprint density at radius 2 is 2.00 bits per heavy atom. The molecule has 0 spiro atoms. The van der Waals surface area contributed by atoms with Crippen molar-refractivity contribution in [1.82, 2.24) is 5.32 Å². The molecule has 1 aromatic carbocycles. The number of halogens is 3. The van der Waals surface area contributed by atoms with Crippen molar-refractivity contribution >= 4 is 15.7 Å². The highest BCUT2D eigenvalue weighted by atomic mass is 32.2. The Kier molecular flexibility index (Phi) is 6.57. The number of rotatable bonds is 7. The van der Waals surface area contributed by atoms with E-state index in [9.17, 15) is 26.4 Å². The first-order valence-corrected chi connectivity index (χ1v) is 8.44. The fourth-order valence-electron chi connectivity index (χ4n) is 1.78. The van der Waals surface area contributed by atoms with E-state index in [2.05, 4.69) is 5.32 Å². The van der Waals surface area contributed by atoms with Crippen molar-refractivity contribution in [3.63, 3.8) is 0 Å². The fraction of sp³-hybridized carbons (Fsp3) is 0.500. The molecule has 0 aromatic heterocycles. The maximum Gasteiger partial charge on any atom is 0.416 e. The van der Waals surface area contributed by atoms with Gasteiger partial charge in [0.25, 0.3) is 0 Å². The first kappa shape index (κ1) is 19.4. The molecule has 1 unspecified atom stereocenters. The van der Waals surface area contributed by atoms with Gasteiger partial charge in [-0.3, -0.25) is 4.79 Å². The number of benzene rings is 1.